The standard InChI is InChI=1S/C24H30N6O3/c1-28-23(33)30(22(32)24(28)13-5-3-6-14-24)16-20(31)25-18-11-9-17(10-12-18)21-27-26-19-8-4-2-7-15-29(19)21/h9-12H,2-8,13-16H2,1H3,(H,25,31). The van der Waals surface area contributed by atoms with Crippen LogP contribution in [0.2, 0.25) is 0 Å². The number of nitrogens with zero attached hydrogens (tertiary/aromatic N) is 5. The summed E-state index contributed by atoms with van der Waals surface area (Å²) in [7, 11) is 1.67. The summed E-state index contributed by atoms with van der Waals surface area (Å²) in [5, 5.41) is 11.5. The summed E-state index contributed by atoms with van der Waals surface area (Å²) >= 11 is 0. The highest BCUT2D eigenvalue weighted by Crippen LogP contribution is 2.39. The summed E-state index contributed by atoms with van der Waals surface area (Å²) in [5.41, 5.74) is 0.784. The predicted octanol–water partition coefficient (Wildman–Crippen LogP) is 3.21. The largest absolute Gasteiger partial charge is 0.327 e. The maximum atomic E-state index is 13.1. The van der Waals surface area contributed by atoms with Crippen LogP contribution in [0.3, 0.4) is 0 Å². The second-order valence-corrected chi connectivity index (χ2v) is 9.35. The van der Waals surface area contributed by atoms with Crippen molar-refractivity contribution >= 4 is 23.5 Å². The van der Waals surface area contributed by atoms with Gasteiger partial charge < -0.3 is 14.8 Å². The molecule has 3 aliphatic rings. The van der Waals surface area contributed by atoms with Crippen LogP contribution in [0, 0.1) is 0 Å². The summed E-state index contributed by atoms with van der Waals surface area (Å²) in [4.78, 5) is 41.1. The highest BCUT2D eigenvalue weighted by Gasteiger charge is 2.55. The smallest absolute Gasteiger partial charge is 0.325 e. The Morgan fingerprint density at radius 1 is 1.00 bits per heavy atom. The monoisotopic (exact) mass is 450 g/mol. The van der Waals surface area contributed by atoms with Crippen molar-refractivity contribution in [3.05, 3.63) is 30.1 Å². The number of fused-ring (bicyclic) bond motifs is 1. The van der Waals surface area contributed by atoms with Crippen LogP contribution in [-0.2, 0) is 22.6 Å². The van der Waals surface area contributed by atoms with Crippen LogP contribution in [0.25, 0.3) is 11.4 Å². The van der Waals surface area contributed by atoms with Gasteiger partial charge in [0.05, 0.1) is 0 Å². The number of carbonyl (C=O) groups excluding carboxylic acids is 3. The zero-order valence-electron chi connectivity index (χ0n) is 19.0. The van der Waals surface area contributed by atoms with Gasteiger partial charge in [-0.25, -0.2) is 4.79 Å². The summed E-state index contributed by atoms with van der Waals surface area (Å²) in [6, 6.07) is 7.06. The van der Waals surface area contributed by atoms with E-state index in [0.29, 0.717) is 18.5 Å². The van der Waals surface area contributed by atoms with E-state index in [1.807, 2.05) is 24.3 Å². The van der Waals surface area contributed by atoms with Crippen LogP contribution in [0.4, 0.5) is 10.5 Å². The van der Waals surface area contributed by atoms with Crippen molar-refractivity contribution < 1.29 is 14.4 Å². The molecule has 0 bridgehead atoms. The van der Waals surface area contributed by atoms with Crippen molar-refractivity contribution in [1.29, 1.82) is 0 Å². The third kappa shape index (κ3) is 3.79. The van der Waals surface area contributed by atoms with Crippen LogP contribution in [0.1, 0.15) is 57.2 Å². The number of benzene rings is 1. The minimum atomic E-state index is -0.770. The van der Waals surface area contributed by atoms with Crippen molar-refractivity contribution in [3.63, 3.8) is 0 Å². The fourth-order valence-electron chi connectivity index (χ4n) is 5.42. The molecule has 1 spiro atoms. The number of anilines is 1. The maximum Gasteiger partial charge on any atom is 0.327 e. The third-order valence-corrected chi connectivity index (χ3v) is 7.32. The molecule has 33 heavy (non-hydrogen) atoms. The van der Waals surface area contributed by atoms with E-state index in [2.05, 4.69) is 20.1 Å². The number of hydrogen-bond donors (Lipinski definition) is 1. The summed E-state index contributed by atoms with van der Waals surface area (Å²) in [6.45, 7) is 0.646. The highest BCUT2D eigenvalue weighted by atomic mass is 16.2. The van der Waals surface area contributed by atoms with Gasteiger partial charge in [-0.15, -0.1) is 10.2 Å². The number of hydrogen-bond acceptors (Lipinski definition) is 5. The number of amides is 4. The van der Waals surface area contributed by atoms with Crippen molar-refractivity contribution in [2.75, 3.05) is 18.9 Å². The highest BCUT2D eigenvalue weighted by molar-refractivity contribution is 6.10. The molecular weight excluding hydrogens is 420 g/mol. The molecule has 0 unspecified atom stereocenters. The first-order valence-corrected chi connectivity index (χ1v) is 11.9. The minimum absolute atomic E-state index is 0.243. The molecule has 3 heterocycles. The lowest BCUT2D eigenvalue weighted by molar-refractivity contribution is -0.136. The molecule has 174 valence electrons. The van der Waals surface area contributed by atoms with E-state index >= 15 is 0 Å². The van der Waals surface area contributed by atoms with Crippen LogP contribution in [0.5, 0.6) is 0 Å². The SMILES string of the molecule is CN1C(=O)N(CC(=O)Nc2ccc(-c3nnc4n3CCCCC4)cc2)C(=O)C12CCCCC2. The van der Waals surface area contributed by atoms with Crippen molar-refractivity contribution in [2.24, 2.45) is 0 Å². The Morgan fingerprint density at radius 3 is 2.48 bits per heavy atom. The first kappa shape index (κ1) is 21.6. The van der Waals surface area contributed by atoms with E-state index in [9.17, 15) is 14.4 Å². The van der Waals surface area contributed by atoms with Crippen LogP contribution in [-0.4, -0.2) is 61.5 Å². The fraction of sp³-hybridized carbons (Fsp3) is 0.542. The molecule has 1 aromatic heterocycles. The Labute approximate surface area is 193 Å². The van der Waals surface area contributed by atoms with Gasteiger partial charge in [0.2, 0.25) is 5.91 Å². The van der Waals surface area contributed by atoms with Gasteiger partial charge in [0.15, 0.2) is 5.82 Å². The Bertz CT molecular complexity index is 1070. The molecule has 2 aliphatic heterocycles. The minimum Gasteiger partial charge on any atom is -0.325 e. The van der Waals surface area contributed by atoms with Crippen molar-refractivity contribution in [3.8, 4) is 11.4 Å². The van der Waals surface area contributed by atoms with Crippen molar-refractivity contribution in [2.45, 2.75) is 69.9 Å². The van der Waals surface area contributed by atoms with E-state index in [1.165, 1.54) is 11.3 Å². The summed E-state index contributed by atoms with van der Waals surface area (Å²) in [5.74, 6) is 1.24. The Balaban J connectivity index is 1.25. The van der Waals surface area contributed by atoms with Crippen LogP contribution >= 0.6 is 0 Å². The molecule has 1 saturated carbocycles. The topological polar surface area (TPSA) is 100 Å². The Morgan fingerprint density at radius 2 is 1.73 bits per heavy atom. The molecule has 9 nitrogen and oxygen atoms in total. The normalized spacial score (nSPS) is 20.2. The number of likely N-dealkylation sites (N-methyl/N-ethyl adjacent to an activating group) is 1. The van der Waals surface area contributed by atoms with Gasteiger partial charge in [-0.05, 0) is 49.9 Å². The average molecular weight is 451 g/mol. The molecule has 1 N–H and O–H groups in total. The average Bonchev–Trinajstić information content (AvgIpc) is 3.17. The number of aryl methyl sites for hydroxylation is 1. The molecular formula is C24H30N6O3. The van der Waals surface area contributed by atoms with E-state index in [1.54, 1.807) is 7.05 Å². The lowest BCUT2D eigenvalue weighted by atomic mass is 9.81. The van der Waals surface area contributed by atoms with Gasteiger partial charge in [0.1, 0.15) is 17.9 Å². The Hall–Kier alpha value is -3.23. The van der Waals surface area contributed by atoms with Gasteiger partial charge in [0, 0.05) is 31.3 Å². The zero-order valence-corrected chi connectivity index (χ0v) is 19.0. The zero-order chi connectivity index (χ0) is 23.0. The molecule has 4 amide bonds. The first-order chi connectivity index (χ1) is 16.0. The first-order valence-electron chi connectivity index (χ1n) is 11.9. The third-order valence-electron chi connectivity index (χ3n) is 7.32. The number of nitrogens with one attached hydrogen (secondary N) is 1. The Kier molecular flexibility index (Phi) is 5.64. The quantitative estimate of drug-likeness (QED) is 0.721. The number of urea groups is 1. The van der Waals surface area contributed by atoms with Gasteiger partial charge in [-0.2, -0.15) is 0 Å². The predicted molar refractivity (Wildman–Crippen MR) is 122 cm³/mol. The van der Waals surface area contributed by atoms with Crippen LogP contribution in [0.15, 0.2) is 24.3 Å². The van der Waals surface area contributed by atoms with Crippen LogP contribution < -0.4 is 5.32 Å². The van der Waals surface area contributed by atoms with E-state index < -0.39 is 5.54 Å². The van der Waals surface area contributed by atoms with Crippen molar-refractivity contribution in [1.82, 2.24) is 24.6 Å². The number of aromatic nitrogens is 3. The second-order valence-electron chi connectivity index (χ2n) is 9.35. The molecule has 9 heteroatoms. The lowest BCUT2D eigenvalue weighted by Crippen LogP contribution is -2.49. The van der Waals surface area contributed by atoms with Gasteiger partial charge in [0.25, 0.3) is 5.91 Å². The number of rotatable bonds is 4. The van der Waals surface area contributed by atoms with E-state index in [0.717, 1.165) is 67.2 Å². The van der Waals surface area contributed by atoms with Gasteiger partial charge >= 0.3 is 6.03 Å². The van der Waals surface area contributed by atoms with E-state index in [4.69, 9.17) is 0 Å². The van der Waals surface area contributed by atoms with Gasteiger partial charge in [-0.1, -0.05) is 25.7 Å². The molecule has 2 fully saturated rings. The molecule has 2 aromatic rings. The number of carbonyl (C=O) groups is 3. The molecule has 1 saturated heterocycles. The second kappa shape index (κ2) is 8.61. The molecule has 1 aliphatic carbocycles. The molecule has 1 aromatic carbocycles. The fourth-order valence-corrected chi connectivity index (χ4v) is 5.42. The molecule has 0 atom stereocenters. The summed E-state index contributed by atoms with van der Waals surface area (Å²) in [6.07, 6.45) is 8.66. The molecule has 0 radical (unpaired) electrons. The van der Waals surface area contributed by atoms with E-state index in [-0.39, 0.29) is 24.4 Å². The molecule has 5 rings (SSSR count). The lowest BCUT2D eigenvalue weighted by Gasteiger charge is -2.35. The van der Waals surface area contributed by atoms with Gasteiger partial charge in [-0.3, -0.25) is 14.5 Å². The summed E-state index contributed by atoms with van der Waals surface area (Å²) < 4.78 is 2.18. The number of imide groups is 1. The maximum absolute atomic E-state index is 13.1.